The highest BCUT2D eigenvalue weighted by atomic mass is 33.1. The highest BCUT2D eigenvalue weighted by molar-refractivity contribution is 8.87. The molecule has 0 fully saturated rings. The van der Waals surface area contributed by atoms with Gasteiger partial charge in [0, 0.05) is 0 Å². The van der Waals surface area contributed by atoms with E-state index < -0.39 is 21.4 Å². The smallest absolute Gasteiger partial charge is 0.240 e. The van der Waals surface area contributed by atoms with E-state index in [-0.39, 0.29) is 0 Å². The van der Waals surface area contributed by atoms with Crippen molar-refractivity contribution in [3.8, 4) is 0 Å². The van der Waals surface area contributed by atoms with Crippen molar-refractivity contribution in [3.05, 3.63) is 144 Å². The summed E-state index contributed by atoms with van der Waals surface area (Å²) in [7, 11) is 1.23. The molecule has 0 atom stereocenters. The molecule has 4 aromatic carbocycles. The third-order valence-electron chi connectivity index (χ3n) is 5.55. The van der Waals surface area contributed by atoms with E-state index in [4.69, 9.17) is 0 Å². The first-order valence-electron chi connectivity index (χ1n) is 10.6. The monoisotopic (exact) mass is 486 g/mol. The first-order chi connectivity index (χ1) is 16.5. The zero-order valence-electron chi connectivity index (χ0n) is 18.1. The standard InChI is InChI=1S/C28H22O4S2/c29-25(27(31,21-13-5-1-6-14-21)22-15-7-2-8-16-22)33-34-26(30)28(32,23-17-9-3-10-18-23)24-19-11-4-12-20-24/h1-20,31-32H. The van der Waals surface area contributed by atoms with Gasteiger partial charge in [-0.05, 0) is 43.8 Å². The van der Waals surface area contributed by atoms with Gasteiger partial charge in [0.05, 0.1) is 0 Å². The number of aliphatic hydroxyl groups is 2. The normalized spacial score (nSPS) is 11.7. The van der Waals surface area contributed by atoms with Crippen LogP contribution in [-0.4, -0.2) is 20.4 Å². The summed E-state index contributed by atoms with van der Waals surface area (Å²) in [6.45, 7) is 0. The van der Waals surface area contributed by atoms with E-state index in [2.05, 4.69) is 0 Å². The summed E-state index contributed by atoms with van der Waals surface area (Å²) in [6.07, 6.45) is 0. The van der Waals surface area contributed by atoms with Crippen LogP contribution in [0.25, 0.3) is 0 Å². The van der Waals surface area contributed by atoms with Gasteiger partial charge in [-0.3, -0.25) is 9.59 Å². The molecule has 0 bridgehead atoms. The molecular weight excluding hydrogens is 464 g/mol. The average molecular weight is 487 g/mol. The fraction of sp³-hybridized carbons (Fsp3) is 0.0714. The molecule has 4 nitrogen and oxygen atoms in total. The van der Waals surface area contributed by atoms with Gasteiger partial charge in [0.15, 0.2) is 11.2 Å². The molecular formula is C28H22O4S2. The average Bonchev–Trinajstić information content (AvgIpc) is 2.92. The lowest BCUT2D eigenvalue weighted by molar-refractivity contribution is -0.125. The molecule has 2 N–H and O–H groups in total. The Balaban J connectivity index is 1.65. The minimum atomic E-state index is -1.96. The third-order valence-corrected chi connectivity index (χ3v) is 7.69. The first kappa shape index (κ1) is 24.0. The second-order valence-electron chi connectivity index (χ2n) is 7.63. The van der Waals surface area contributed by atoms with Crippen molar-refractivity contribution in [3.63, 3.8) is 0 Å². The van der Waals surface area contributed by atoms with E-state index >= 15 is 0 Å². The van der Waals surface area contributed by atoms with Gasteiger partial charge in [-0.25, -0.2) is 0 Å². The summed E-state index contributed by atoms with van der Waals surface area (Å²) in [5.74, 6) is 0. The maximum absolute atomic E-state index is 13.4. The molecule has 0 spiro atoms. The SMILES string of the molecule is O=C(SSC(=O)C(O)(c1ccccc1)c1ccccc1)C(O)(c1ccccc1)c1ccccc1. The lowest BCUT2D eigenvalue weighted by atomic mass is 9.87. The third kappa shape index (κ3) is 4.58. The van der Waals surface area contributed by atoms with Crippen molar-refractivity contribution < 1.29 is 19.8 Å². The molecule has 0 heterocycles. The number of rotatable bonds is 6. The second kappa shape index (κ2) is 10.4. The molecule has 0 saturated heterocycles. The van der Waals surface area contributed by atoms with Gasteiger partial charge >= 0.3 is 0 Å². The van der Waals surface area contributed by atoms with Crippen LogP contribution in [0, 0.1) is 0 Å². The van der Waals surface area contributed by atoms with Crippen molar-refractivity contribution in [1.82, 2.24) is 0 Å². The Bertz CT molecular complexity index is 1070. The Morgan fingerprint density at radius 3 is 0.853 bits per heavy atom. The molecule has 4 aromatic rings. The number of hydrogen-bond acceptors (Lipinski definition) is 6. The molecule has 4 rings (SSSR count). The molecule has 0 aromatic heterocycles. The number of benzene rings is 4. The van der Waals surface area contributed by atoms with Gasteiger partial charge < -0.3 is 10.2 Å². The highest BCUT2D eigenvalue weighted by Gasteiger charge is 2.44. The van der Waals surface area contributed by atoms with Crippen molar-refractivity contribution in [2.45, 2.75) is 11.2 Å². The van der Waals surface area contributed by atoms with Crippen LogP contribution >= 0.6 is 21.6 Å². The Kier molecular flexibility index (Phi) is 7.34. The van der Waals surface area contributed by atoms with E-state index in [0.29, 0.717) is 43.8 Å². The minimum absolute atomic E-state index is 0.396. The van der Waals surface area contributed by atoms with Crippen LogP contribution in [0.15, 0.2) is 121 Å². The summed E-state index contributed by atoms with van der Waals surface area (Å²) in [6, 6.07) is 34.4. The van der Waals surface area contributed by atoms with Gasteiger partial charge in [0.1, 0.15) is 0 Å². The molecule has 34 heavy (non-hydrogen) atoms. The second-order valence-corrected chi connectivity index (χ2v) is 9.70. The van der Waals surface area contributed by atoms with Crippen LogP contribution in [0.5, 0.6) is 0 Å². The van der Waals surface area contributed by atoms with Crippen molar-refractivity contribution in [1.29, 1.82) is 0 Å². The summed E-state index contributed by atoms with van der Waals surface area (Å²) in [5.41, 5.74) is -2.33. The van der Waals surface area contributed by atoms with Crippen LogP contribution < -0.4 is 0 Å². The van der Waals surface area contributed by atoms with Gasteiger partial charge in [-0.15, -0.1) is 0 Å². The highest BCUT2D eigenvalue weighted by Crippen LogP contribution is 2.43. The maximum atomic E-state index is 13.4. The Morgan fingerprint density at radius 2 is 0.647 bits per heavy atom. The molecule has 0 amide bonds. The summed E-state index contributed by atoms with van der Waals surface area (Å²) >= 11 is 0. The van der Waals surface area contributed by atoms with Crippen molar-refractivity contribution >= 4 is 31.8 Å². The number of carbonyl (C=O) groups is 2. The van der Waals surface area contributed by atoms with Gasteiger partial charge in [0.2, 0.25) is 10.2 Å². The zero-order valence-corrected chi connectivity index (χ0v) is 19.7. The van der Waals surface area contributed by atoms with Crippen LogP contribution in [0.2, 0.25) is 0 Å². The van der Waals surface area contributed by atoms with Gasteiger partial charge in [-0.2, -0.15) is 0 Å². The predicted octanol–water partition coefficient (Wildman–Crippen LogP) is 5.29. The molecule has 0 aliphatic heterocycles. The topological polar surface area (TPSA) is 74.6 Å². The zero-order chi connectivity index (χ0) is 24.0. The van der Waals surface area contributed by atoms with E-state index in [1.54, 1.807) is 121 Å². The van der Waals surface area contributed by atoms with Crippen LogP contribution in [-0.2, 0) is 20.8 Å². The quantitative estimate of drug-likeness (QED) is 0.361. The Morgan fingerprint density at radius 1 is 0.441 bits per heavy atom. The van der Waals surface area contributed by atoms with Crippen molar-refractivity contribution in [2.24, 2.45) is 0 Å². The molecule has 0 saturated carbocycles. The van der Waals surface area contributed by atoms with Gasteiger partial charge in [-0.1, -0.05) is 121 Å². The molecule has 170 valence electrons. The summed E-state index contributed by atoms with van der Waals surface area (Å²) in [5, 5.41) is 22.0. The van der Waals surface area contributed by atoms with E-state index in [9.17, 15) is 19.8 Å². The largest absolute Gasteiger partial charge is 0.372 e. The molecule has 0 radical (unpaired) electrons. The Hall–Kier alpha value is -3.16. The fourth-order valence-electron chi connectivity index (χ4n) is 3.72. The predicted molar refractivity (Wildman–Crippen MR) is 137 cm³/mol. The van der Waals surface area contributed by atoms with Crippen molar-refractivity contribution in [2.75, 3.05) is 0 Å². The van der Waals surface area contributed by atoms with E-state index in [1.807, 2.05) is 0 Å². The van der Waals surface area contributed by atoms with Crippen LogP contribution in [0.1, 0.15) is 22.3 Å². The van der Waals surface area contributed by atoms with Gasteiger partial charge in [0.25, 0.3) is 0 Å². The van der Waals surface area contributed by atoms with Crippen LogP contribution in [0.3, 0.4) is 0 Å². The fourth-order valence-corrected chi connectivity index (χ4v) is 5.76. The first-order valence-corrected chi connectivity index (χ1v) is 12.7. The molecule has 0 aliphatic rings. The summed E-state index contributed by atoms with van der Waals surface area (Å²) in [4.78, 5) is 26.9. The number of hydrogen-bond donors (Lipinski definition) is 2. The van der Waals surface area contributed by atoms with E-state index in [0.717, 1.165) is 0 Å². The van der Waals surface area contributed by atoms with Crippen LogP contribution in [0.4, 0.5) is 0 Å². The summed E-state index contributed by atoms with van der Waals surface area (Å²) < 4.78 is 0. The lowest BCUT2D eigenvalue weighted by Gasteiger charge is -2.29. The Labute approximate surface area is 206 Å². The van der Waals surface area contributed by atoms with E-state index in [1.165, 1.54) is 0 Å². The maximum Gasteiger partial charge on any atom is 0.240 e. The minimum Gasteiger partial charge on any atom is -0.372 e. The lowest BCUT2D eigenvalue weighted by Crippen LogP contribution is -2.36. The molecule has 0 unspecified atom stereocenters. The molecule has 0 aliphatic carbocycles. The number of carbonyl (C=O) groups excluding carboxylic acids is 2. The molecule has 6 heteroatoms.